The molecule has 196 valence electrons. The van der Waals surface area contributed by atoms with Crippen molar-refractivity contribution < 1.29 is 23.5 Å². The zero-order chi connectivity index (χ0) is 26.3. The summed E-state index contributed by atoms with van der Waals surface area (Å²) in [6.45, 7) is 16.8. The van der Waals surface area contributed by atoms with Crippen molar-refractivity contribution in [3.8, 4) is 5.75 Å². The van der Waals surface area contributed by atoms with Gasteiger partial charge in [-0.25, -0.2) is 0 Å². The average molecular weight is 511 g/mol. The topological polar surface area (TPSA) is 61.8 Å². The molecule has 6 heteroatoms. The molecule has 1 heterocycles. The van der Waals surface area contributed by atoms with Crippen LogP contribution in [0, 0.1) is 23.2 Å². The Bertz CT molecular complexity index is 1100. The van der Waals surface area contributed by atoms with E-state index in [1.54, 1.807) is 7.11 Å². The number of Topliss-reactive ketones (excluding diaryl/α,β-unsaturated/α-hetero) is 1. The van der Waals surface area contributed by atoms with Crippen molar-refractivity contribution in [2.75, 3.05) is 7.11 Å². The number of hydrogen-bond acceptors (Lipinski definition) is 5. The number of methoxy groups -OCH3 is 1. The van der Waals surface area contributed by atoms with Crippen LogP contribution in [0.5, 0.6) is 5.75 Å². The predicted molar refractivity (Wildman–Crippen MR) is 143 cm³/mol. The van der Waals surface area contributed by atoms with E-state index in [0.717, 1.165) is 37.0 Å². The highest BCUT2D eigenvalue weighted by atomic mass is 28.4. The average Bonchev–Trinajstić information content (AvgIpc) is 3.31. The second-order valence-electron chi connectivity index (χ2n) is 13.1. The van der Waals surface area contributed by atoms with Crippen molar-refractivity contribution in [1.29, 1.82) is 0 Å². The second kappa shape index (κ2) is 8.29. The molecular weight excluding hydrogens is 468 g/mol. The van der Waals surface area contributed by atoms with Gasteiger partial charge in [-0.15, -0.1) is 6.58 Å². The maximum absolute atomic E-state index is 14.6. The van der Waals surface area contributed by atoms with E-state index in [2.05, 4.69) is 52.6 Å². The molecule has 0 amide bonds. The van der Waals surface area contributed by atoms with Crippen LogP contribution in [0.3, 0.4) is 0 Å². The number of benzene rings is 1. The normalized spacial score (nSPS) is 35.8. The monoisotopic (exact) mass is 510 g/mol. The number of aryl methyl sites for hydroxylation is 1. The molecule has 4 aliphatic rings. The third-order valence-electron chi connectivity index (χ3n) is 10.5. The van der Waals surface area contributed by atoms with Gasteiger partial charge in [0.15, 0.2) is 14.1 Å². The molecule has 3 fully saturated rings. The second-order valence-corrected chi connectivity index (χ2v) is 17.9. The Labute approximate surface area is 217 Å². The summed E-state index contributed by atoms with van der Waals surface area (Å²) in [5, 5.41) is -0.0375. The minimum Gasteiger partial charge on any atom is -0.497 e. The van der Waals surface area contributed by atoms with Gasteiger partial charge in [0.05, 0.1) is 7.11 Å². The van der Waals surface area contributed by atoms with Crippen LogP contribution in [-0.4, -0.2) is 38.9 Å². The maximum Gasteiger partial charge on any atom is 0.321 e. The minimum absolute atomic E-state index is 0.0375. The summed E-state index contributed by atoms with van der Waals surface area (Å²) < 4.78 is 18.6. The summed E-state index contributed by atoms with van der Waals surface area (Å²) >= 11 is 0. The van der Waals surface area contributed by atoms with Crippen molar-refractivity contribution in [3.05, 3.63) is 42.0 Å². The van der Waals surface area contributed by atoms with E-state index in [1.165, 1.54) is 5.56 Å². The number of ketones is 1. The highest BCUT2D eigenvalue weighted by Gasteiger charge is 2.76. The Morgan fingerprint density at radius 1 is 1.25 bits per heavy atom. The highest BCUT2D eigenvalue weighted by molar-refractivity contribution is 6.74. The van der Waals surface area contributed by atoms with Gasteiger partial charge in [0, 0.05) is 24.2 Å². The first-order chi connectivity index (χ1) is 16.8. The van der Waals surface area contributed by atoms with Gasteiger partial charge in [-0.05, 0) is 79.9 Å². The molecule has 1 aromatic rings. The van der Waals surface area contributed by atoms with Crippen LogP contribution in [0.2, 0.25) is 18.1 Å². The molecule has 1 saturated heterocycles. The predicted octanol–water partition coefficient (Wildman–Crippen LogP) is 6.22. The molecule has 7 atom stereocenters. The summed E-state index contributed by atoms with van der Waals surface area (Å²) in [6, 6.07) is 6.15. The summed E-state index contributed by atoms with van der Waals surface area (Å²) in [7, 11) is -0.554. The number of ether oxygens (including phenoxy) is 2. The zero-order valence-corrected chi connectivity index (χ0v) is 24.0. The lowest BCUT2D eigenvalue weighted by Crippen LogP contribution is -2.58. The molecule has 0 aromatic heterocycles. The lowest BCUT2D eigenvalue weighted by Gasteiger charge is -2.52. The third-order valence-corrected chi connectivity index (χ3v) is 15.1. The van der Waals surface area contributed by atoms with Crippen LogP contribution in [0.15, 0.2) is 30.9 Å². The summed E-state index contributed by atoms with van der Waals surface area (Å²) in [6.07, 6.45) is 5.58. The molecule has 0 unspecified atom stereocenters. The van der Waals surface area contributed by atoms with Gasteiger partial charge in [0.2, 0.25) is 0 Å². The lowest BCUT2D eigenvalue weighted by molar-refractivity contribution is -0.159. The third kappa shape index (κ3) is 3.36. The number of rotatable bonds is 6. The van der Waals surface area contributed by atoms with Gasteiger partial charge in [0.25, 0.3) is 0 Å². The van der Waals surface area contributed by atoms with Crippen molar-refractivity contribution in [2.45, 2.75) is 95.6 Å². The molecule has 3 aliphatic carbocycles. The Balaban J connectivity index is 1.64. The number of fused-ring (bicyclic) bond motifs is 6. The molecular formula is C30H42O5Si. The molecule has 36 heavy (non-hydrogen) atoms. The van der Waals surface area contributed by atoms with Crippen molar-refractivity contribution in [2.24, 2.45) is 23.2 Å². The first kappa shape index (κ1) is 25.7. The molecule has 2 bridgehead atoms. The zero-order valence-electron chi connectivity index (χ0n) is 23.0. The van der Waals surface area contributed by atoms with Crippen LogP contribution < -0.4 is 4.74 Å². The fourth-order valence-corrected chi connectivity index (χ4v) is 9.21. The van der Waals surface area contributed by atoms with Crippen molar-refractivity contribution in [1.82, 2.24) is 0 Å². The Morgan fingerprint density at radius 3 is 2.61 bits per heavy atom. The standard InChI is InChI=1S/C30H42O5Si/c1-9-20-11-15-24-23-13-10-19-16-21(33-6)12-14-22(19)25(23)29(17-30(20,24)34-27(29)32)26(31)18(2)35-36(7,8)28(3,4)5/h9,12,14,16,18,20,23-25H,1,10-11,13,15,17H2,2-8H3/t18-,20+,23-,24-,25+,29+,30+/m0/s1. The highest BCUT2D eigenvalue weighted by Crippen LogP contribution is 2.70. The van der Waals surface area contributed by atoms with Gasteiger partial charge >= 0.3 is 5.97 Å². The fourth-order valence-electron chi connectivity index (χ4n) is 7.86. The Morgan fingerprint density at radius 2 is 1.97 bits per heavy atom. The van der Waals surface area contributed by atoms with E-state index in [9.17, 15) is 9.59 Å². The molecule has 1 spiro atoms. The van der Waals surface area contributed by atoms with Crippen LogP contribution in [-0.2, 0) is 25.2 Å². The quantitative estimate of drug-likeness (QED) is 0.197. The van der Waals surface area contributed by atoms with E-state index in [1.807, 2.05) is 19.1 Å². The van der Waals surface area contributed by atoms with Crippen molar-refractivity contribution >= 4 is 20.1 Å². The SMILES string of the molecule is C=C[C@@H]1CC[C@H]2[C@@H]3CCc4cc(OC)ccc4[C@H]3[C@@]3(C(=O)[C@H](C)O[Si](C)(C)C(C)(C)C)C[C@@]12OC3=O. The van der Waals surface area contributed by atoms with E-state index in [4.69, 9.17) is 13.9 Å². The largest absolute Gasteiger partial charge is 0.497 e. The number of carbonyl (C=O) groups is 2. The minimum atomic E-state index is -2.23. The van der Waals surface area contributed by atoms with Gasteiger partial charge in [-0.3, -0.25) is 9.59 Å². The van der Waals surface area contributed by atoms with Gasteiger partial charge in [0.1, 0.15) is 22.9 Å². The number of hydrogen-bond donors (Lipinski definition) is 0. The first-order valence-corrected chi connectivity index (χ1v) is 16.5. The molecule has 1 aliphatic heterocycles. The molecule has 2 saturated carbocycles. The van der Waals surface area contributed by atoms with Gasteiger partial charge < -0.3 is 13.9 Å². The van der Waals surface area contributed by atoms with Crippen LogP contribution in [0.4, 0.5) is 0 Å². The number of carbonyl (C=O) groups excluding carboxylic acids is 2. The molecule has 0 N–H and O–H groups in total. The summed E-state index contributed by atoms with van der Waals surface area (Å²) in [5.74, 6) is 0.755. The fraction of sp³-hybridized carbons (Fsp3) is 0.667. The lowest BCUT2D eigenvalue weighted by atomic mass is 9.48. The molecule has 0 radical (unpaired) electrons. The van der Waals surface area contributed by atoms with E-state index in [0.29, 0.717) is 6.42 Å². The van der Waals surface area contributed by atoms with Crippen LogP contribution in [0.1, 0.15) is 70.4 Å². The smallest absolute Gasteiger partial charge is 0.321 e. The van der Waals surface area contributed by atoms with E-state index in [-0.39, 0.29) is 40.5 Å². The first-order valence-electron chi connectivity index (χ1n) is 13.6. The van der Waals surface area contributed by atoms with Crippen LogP contribution in [0.25, 0.3) is 0 Å². The van der Waals surface area contributed by atoms with E-state index < -0.39 is 25.4 Å². The van der Waals surface area contributed by atoms with Crippen LogP contribution >= 0.6 is 0 Å². The number of esters is 1. The Hall–Kier alpha value is -1.92. The molecule has 5 nitrogen and oxygen atoms in total. The molecule has 1 aromatic carbocycles. The summed E-state index contributed by atoms with van der Waals surface area (Å²) in [4.78, 5) is 28.7. The van der Waals surface area contributed by atoms with Gasteiger partial charge in [-0.1, -0.05) is 32.9 Å². The Kier molecular flexibility index (Phi) is 5.92. The van der Waals surface area contributed by atoms with Gasteiger partial charge in [-0.2, -0.15) is 0 Å². The van der Waals surface area contributed by atoms with E-state index >= 15 is 0 Å². The maximum atomic E-state index is 14.6. The summed E-state index contributed by atoms with van der Waals surface area (Å²) in [5.41, 5.74) is 0.467. The molecule has 5 rings (SSSR count). The van der Waals surface area contributed by atoms with Crippen molar-refractivity contribution in [3.63, 3.8) is 0 Å².